The van der Waals surface area contributed by atoms with Crippen LogP contribution in [-0.4, -0.2) is 21.4 Å². The summed E-state index contributed by atoms with van der Waals surface area (Å²) in [5, 5.41) is 3.51. The second-order valence-electron chi connectivity index (χ2n) is 5.50. The van der Waals surface area contributed by atoms with E-state index in [0.717, 1.165) is 0 Å². The van der Waals surface area contributed by atoms with Crippen molar-refractivity contribution < 1.29 is 13.7 Å². The summed E-state index contributed by atoms with van der Waals surface area (Å²) < 4.78 is 17.0. The molecular weight excluding hydrogens is 407 g/mol. The van der Waals surface area contributed by atoms with Gasteiger partial charge in [0.15, 0.2) is 0 Å². The number of nitrogens with one attached hydrogen (secondary N) is 1. The van der Waals surface area contributed by atoms with Crippen LogP contribution >= 0.6 is 23.2 Å². The highest BCUT2D eigenvalue weighted by molar-refractivity contribution is 7.84. The van der Waals surface area contributed by atoms with Gasteiger partial charge in [0, 0.05) is 39.4 Å². The standard InChI is InChI=1S/C19H14Cl2N2O3S/c1-27(25)16-8-2-12(3-9-16)18(24)23-14-4-6-15(7-5-14)26-19-17(21)10-13(20)11-22-19/h2-11H,1H3,(H,23,24)/t27-/m1/s1. The molecule has 0 fully saturated rings. The number of benzene rings is 2. The van der Waals surface area contributed by atoms with Crippen molar-refractivity contribution in [1.29, 1.82) is 0 Å². The van der Waals surface area contributed by atoms with E-state index in [9.17, 15) is 9.00 Å². The molecule has 0 aliphatic heterocycles. The van der Waals surface area contributed by atoms with Crippen molar-refractivity contribution >= 4 is 45.6 Å². The molecule has 1 atom stereocenters. The van der Waals surface area contributed by atoms with Crippen molar-refractivity contribution in [3.05, 3.63) is 76.4 Å². The Balaban J connectivity index is 1.66. The molecule has 0 aliphatic rings. The van der Waals surface area contributed by atoms with Crippen LogP contribution in [0.1, 0.15) is 10.4 Å². The molecule has 138 valence electrons. The summed E-state index contributed by atoms with van der Waals surface area (Å²) in [6, 6.07) is 14.9. The highest BCUT2D eigenvalue weighted by Gasteiger charge is 2.09. The van der Waals surface area contributed by atoms with Crippen molar-refractivity contribution in [2.45, 2.75) is 4.90 Å². The van der Waals surface area contributed by atoms with Crippen LogP contribution < -0.4 is 10.1 Å². The Morgan fingerprint density at radius 3 is 2.33 bits per heavy atom. The molecule has 0 radical (unpaired) electrons. The van der Waals surface area contributed by atoms with Crippen LogP contribution in [0.15, 0.2) is 65.7 Å². The first-order chi connectivity index (χ1) is 12.9. The van der Waals surface area contributed by atoms with Crippen LogP contribution in [0.3, 0.4) is 0 Å². The predicted octanol–water partition coefficient (Wildman–Crippen LogP) is 5.17. The topological polar surface area (TPSA) is 68.3 Å². The molecule has 0 unspecified atom stereocenters. The molecule has 1 heterocycles. The number of pyridine rings is 1. The number of carbonyl (C=O) groups is 1. The third-order valence-corrected chi connectivity index (χ3v) is 4.96. The average Bonchev–Trinajstić information content (AvgIpc) is 2.65. The van der Waals surface area contributed by atoms with Crippen molar-refractivity contribution in [2.75, 3.05) is 11.6 Å². The van der Waals surface area contributed by atoms with E-state index in [1.165, 1.54) is 6.20 Å². The van der Waals surface area contributed by atoms with E-state index in [1.807, 2.05) is 0 Å². The summed E-state index contributed by atoms with van der Waals surface area (Å²) in [5.74, 6) is 0.491. The lowest BCUT2D eigenvalue weighted by Crippen LogP contribution is -2.11. The van der Waals surface area contributed by atoms with Crippen LogP contribution in [0.4, 0.5) is 5.69 Å². The maximum atomic E-state index is 12.3. The van der Waals surface area contributed by atoms with Gasteiger partial charge in [-0.2, -0.15) is 0 Å². The van der Waals surface area contributed by atoms with Crippen LogP contribution in [0.5, 0.6) is 11.6 Å². The number of aromatic nitrogens is 1. The van der Waals surface area contributed by atoms with Gasteiger partial charge in [-0.15, -0.1) is 0 Å². The molecule has 0 bridgehead atoms. The van der Waals surface area contributed by atoms with Gasteiger partial charge in [-0.25, -0.2) is 4.98 Å². The molecule has 5 nitrogen and oxygen atoms in total. The van der Waals surface area contributed by atoms with Crippen molar-refractivity contribution in [3.63, 3.8) is 0 Å². The SMILES string of the molecule is C[S@@](=O)c1ccc(C(=O)Nc2ccc(Oc3ncc(Cl)cc3Cl)cc2)cc1. The predicted molar refractivity (Wildman–Crippen MR) is 108 cm³/mol. The Morgan fingerprint density at radius 2 is 1.74 bits per heavy atom. The first-order valence-electron chi connectivity index (χ1n) is 7.76. The maximum absolute atomic E-state index is 12.3. The Kier molecular flexibility index (Phi) is 6.11. The molecule has 27 heavy (non-hydrogen) atoms. The fourth-order valence-electron chi connectivity index (χ4n) is 2.20. The Bertz CT molecular complexity index is 993. The summed E-state index contributed by atoms with van der Waals surface area (Å²) in [4.78, 5) is 17.0. The second-order valence-corrected chi connectivity index (χ2v) is 7.72. The molecule has 1 amide bonds. The Hall–Kier alpha value is -2.41. The maximum Gasteiger partial charge on any atom is 0.255 e. The van der Waals surface area contributed by atoms with Gasteiger partial charge in [0.25, 0.3) is 5.91 Å². The summed E-state index contributed by atoms with van der Waals surface area (Å²) in [7, 11) is -1.08. The minimum absolute atomic E-state index is 0.242. The number of rotatable bonds is 5. The zero-order valence-electron chi connectivity index (χ0n) is 14.1. The molecule has 8 heteroatoms. The van der Waals surface area contributed by atoms with Gasteiger partial charge in [0.1, 0.15) is 10.8 Å². The largest absolute Gasteiger partial charge is 0.438 e. The number of halogens is 2. The Labute approximate surface area is 168 Å². The highest BCUT2D eigenvalue weighted by Crippen LogP contribution is 2.29. The molecule has 3 aromatic rings. The van der Waals surface area contributed by atoms with Crippen LogP contribution in [-0.2, 0) is 10.8 Å². The highest BCUT2D eigenvalue weighted by atomic mass is 35.5. The first kappa shape index (κ1) is 19.4. The fraction of sp³-hybridized carbons (Fsp3) is 0.0526. The van der Waals surface area contributed by atoms with Gasteiger partial charge in [-0.05, 0) is 54.6 Å². The lowest BCUT2D eigenvalue weighted by atomic mass is 10.2. The van der Waals surface area contributed by atoms with Gasteiger partial charge in [0.2, 0.25) is 5.88 Å². The number of nitrogens with zero attached hydrogens (tertiary/aromatic N) is 1. The fourth-order valence-corrected chi connectivity index (χ4v) is 3.13. The lowest BCUT2D eigenvalue weighted by Gasteiger charge is -2.09. The van der Waals surface area contributed by atoms with E-state index in [1.54, 1.807) is 60.9 Å². The molecular formula is C19H14Cl2N2O3S. The van der Waals surface area contributed by atoms with E-state index < -0.39 is 10.8 Å². The molecule has 0 saturated carbocycles. The normalized spacial score (nSPS) is 11.7. The molecule has 1 N–H and O–H groups in total. The zero-order chi connectivity index (χ0) is 19.4. The summed E-state index contributed by atoms with van der Waals surface area (Å²) in [6.07, 6.45) is 3.03. The van der Waals surface area contributed by atoms with E-state index in [4.69, 9.17) is 27.9 Å². The summed E-state index contributed by atoms with van der Waals surface area (Å²) in [6.45, 7) is 0. The summed E-state index contributed by atoms with van der Waals surface area (Å²) >= 11 is 11.8. The first-order valence-corrected chi connectivity index (χ1v) is 10.1. The van der Waals surface area contributed by atoms with E-state index in [-0.39, 0.29) is 11.8 Å². The molecule has 3 rings (SSSR count). The van der Waals surface area contributed by atoms with Gasteiger partial charge in [-0.3, -0.25) is 9.00 Å². The summed E-state index contributed by atoms with van der Waals surface area (Å²) in [5.41, 5.74) is 1.08. The third-order valence-electron chi connectivity index (χ3n) is 3.55. The number of carbonyl (C=O) groups excluding carboxylic acids is 1. The monoisotopic (exact) mass is 420 g/mol. The minimum Gasteiger partial charge on any atom is -0.438 e. The van der Waals surface area contributed by atoms with Crippen molar-refractivity contribution in [2.24, 2.45) is 0 Å². The molecule has 0 saturated heterocycles. The number of amides is 1. The van der Waals surface area contributed by atoms with E-state index in [2.05, 4.69) is 10.3 Å². The van der Waals surface area contributed by atoms with E-state index in [0.29, 0.717) is 31.9 Å². The number of ether oxygens (including phenoxy) is 1. The molecule has 0 aliphatic carbocycles. The lowest BCUT2D eigenvalue weighted by molar-refractivity contribution is 0.102. The van der Waals surface area contributed by atoms with Crippen LogP contribution in [0, 0.1) is 0 Å². The molecule has 1 aromatic heterocycles. The van der Waals surface area contributed by atoms with Crippen LogP contribution in [0.2, 0.25) is 10.0 Å². The average molecular weight is 421 g/mol. The van der Waals surface area contributed by atoms with Gasteiger partial charge >= 0.3 is 0 Å². The van der Waals surface area contributed by atoms with E-state index >= 15 is 0 Å². The van der Waals surface area contributed by atoms with Crippen LogP contribution in [0.25, 0.3) is 0 Å². The minimum atomic E-state index is -1.08. The van der Waals surface area contributed by atoms with Gasteiger partial charge < -0.3 is 10.1 Å². The number of anilines is 1. The molecule has 0 spiro atoms. The van der Waals surface area contributed by atoms with Crippen molar-refractivity contribution in [3.8, 4) is 11.6 Å². The van der Waals surface area contributed by atoms with Gasteiger partial charge in [-0.1, -0.05) is 23.2 Å². The van der Waals surface area contributed by atoms with Crippen molar-refractivity contribution in [1.82, 2.24) is 4.98 Å². The number of hydrogen-bond donors (Lipinski definition) is 1. The third kappa shape index (κ3) is 5.07. The number of hydrogen-bond acceptors (Lipinski definition) is 4. The quantitative estimate of drug-likeness (QED) is 0.617. The second kappa shape index (κ2) is 8.52. The zero-order valence-corrected chi connectivity index (χ0v) is 16.4. The van der Waals surface area contributed by atoms with Gasteiger partial charge in [0.05, 0.1) is 5.02 Å². The smallest absolute Gasteiger partial charge is 0.255 e. The Morgan fingerprint density at radius 1 is 1.07 bits per heavy atom. The molecule has 2 aromatic carbocycles.